The fourth-order valence-electron chi connectivity index (χ4n) is 2.16. The lowest BCUT2D eigenvalue weighted by Crippen LogP contribution is -2.37. The van der Waals surface area contributed by atoms with E-state index in [2.05, 4.69) is 10.2 Å². The maximum Gasteiger partial charge on any atom is 0.123 e. The highest BCUT2D eigenvalue weighted by molar-refractivity contribution is 5.22. The van der Waals surface area contributed by atoms with Gasteiger partial charge in [-0.3, -0.25) is 4.90 Å². The largest absolute Gasteiger partial charge is 0.491 e. The normalized spacial score (nSPS) is 18.8. The summed E-state index contributed by atoms with van der Waals surface area (Å²) in [4.78, 5) is 2.23. The van der Waals surface area contributed by atoms with Gasteiger partial charge in [0.15, 0.2) is 0 Å². The van der Waals surface area contributed by atoms with Crippen LogP contribution in [0.5, 0.6) is 5.75 Å². The van der Waals surface area contributed by atoms with Gasteiger partial charge in [-0.15, -0.1) is 0 Å². The van der Waals surface area contributed by atoms with E-state index in [1.165, 1.54) is 12.1 Å². The Morgan fingerprint density at radius 1 is 1.26 bits per heavy atom. The molecule has 1 fully saturated rings. The number of halogens is 1. The van der Waals surface area contributed by atoms with Crippen molar-refractivity contribution in [2.45, 2.75) is 12.5 Å². The Morgan fingerprint density at radius 2 is 2.05 bits per heavy atom. The number of aliphatic hydroxyl groups excluding tert-OH is 1. The summed E-state index contributed by atoms with van der Waals surface area (Å²) in [7, 11) is 0. The molecule has 1 aromatic rings. The molecule has 0 unspecified atom stereocenters. The van der Waals surface area contributed by atoms with Crippen molar-refractivity contribution in [3.8, 4) is 5.75 Å². The van der Waals surface area contributed by atoms with E-state index in [-0.39, 0.29) is 12.4 Å². The van der Waals surface area contributed by atoms with Crippen LogP contribution in [0.3, 0.4) is 0 Å². The molecule has 0 radical (unpaired) electrons. The van der Waals surface area contributed by atoms with Gasteiger partial charge in [0.05, 0.1) is 0 Å². The highest BCUT2D eigenvalue weighted by atomic mass is 19.1. The van der Waals surface area contributed by atoms with Crippen molar-refractivity contribution in [3.63, 3.8) is 0 Å². The first-order chi connectivity index (χ1) is 9.24. The Bertz CT molecular complexity index is 364. The van der Waals surface area contributed by atoms with E-state index in [1.807, 2.05) is 0 Å². The zero-order valence-electron chi connectivity index (χ0n) is 11.0. The van der Waals surface area contributed by atoms with Gasteiger partial charge in [0.25, 0.3) is 0 Å². The van der Waals surface area contributed by atoms with Gasteiger partial charge in [-0.05, 0) is 43.8 Å². The number of nitrogens with zero attached hydrogens (tertiary/aromatic N) is 1. The zero-order chi connectivity index (χ0) is 13.5. The summed E-state index contributed by atoms with van der Waals surface area (Å²) in [5.41, 5.74) is 0. The minimum atomic E-state index is -0.525. The van der Waals surface area contributed by atoms with Crippen molar-refractivity contribution < 1.29 is 14.2 Å². The fourth-order valence-corrected chi connectivity index (χ4v) is 2.16. The van der Waals surface area contributed by atoms with Crippen LogP contribution in [0.4, 0.5) is 4.39 Å². The summed E-state index contributed by atoms with van der Waals surface area (Å²) in [5.74, 6) is 0.294. The molecule has 106 valence electrons. The lowest BCUT2D eigenvalue weighted by Gasteiger charge is -2.22. The molecule has 0 spiro atoms. The first-order valence-corrected chi connectivity index (χ1v) is 6.73. The molecule has 1 saturated heterocycles. The van der Waals surface area contributed by atoms with E-state index in [4.69, 9.17) is 4.74 Å². The quantitative estimate of drug-likeness (QED) is 0.831. The minimum Gasteiger partial charge on any atom is -0.491 e. The number of β-amino-alcohol motifs (C(OH)–C–C–N with tert-alkyl or cyclic N) is 1. The van der Waals surface area contributed by atoms with Crippen molar-refractivity contribution in [3.05, 3.63) is 30.1 Å². The highest BCUT2D eigenvalue weighted by Crippen LogP contribution is 2.11. The van der Waals surface area contributed by atoms with Crippen LogP contribution in [0.25, 0.3) is 0 Å². The molecule has 0 aliphatic carbocycles. The van der Waals surface area contributed by atoms with Gasteiger partial charge in [0.2, 0.25) is 0 Å². The summed E-state index contributed by atoms with van der Waals surface area (Å²) >= 11 is 0. The van der Waals surface area contributed by atoms with E-state index >= 15 is 0 Å². The molecule has 5 heteroatoms. The van der Waals surface area contributed by atoms with Crippen LogP contribution in [0.2, 0.25) is 0 Å². The summed E-state index contributed by atoms with van der Waals surface area (Å²) in [5, 5.41) is 13.3. The van der Waals surface area contributed by atoms with Crippen LogP contribution >= 0.6 is 0 Å². The minimum absolute atomic E-state index is 0.232. The third-order valence-electron chi connectivity index (χ3n) is 3.16. The molecular formula is C14H21FN2O2. The van der Waals surface area contributed by atoms with Crippen molar-refractivity contribution in [2.75, 3.05) is 39.3 Å². The van der Waals surface area contributed by atoms with Crippen molar-refractivity contribution in [1.29, 1.82) is 0 Å². The average Bonchev–Trinajstić information content (AvgIpc) is 2.67. The lowest BCUT2D eigenvalue weighted by molar-refractivity contribution is 0.0703. The molecule has 0 bridgehead atoms. The molecule has 2 N–H and O–H groups in total. The molecule has 1 atom stereocenters. The summed E-state index contributed by atoms with van der Waals surface area (Å²) < 4.78 is 18.2. The monoisotopic (exact) mass is 268 g/mol. The van der Waals surface area contributed by atoms with Crippen LogP contribution < -0.4 is 10.1 Å². The Kier molecular flexibility index (Phi) is 5.57. The molecule has 1 aromatic carbocycles. The van der Waals surface area contributed by atoms with Gasteiger partial charge >= 0.3 is 0 Å². The van der Waals surface area contributed by atoms with E-state index in [0.29, 0.717) is 12.3 Å². The first kappa shape index (κ1) is 14.2. The average molecular weight is 268 g/mol. The highest BCUT2D eigenvalue weighted by Gasteiger charge is 2.13. The van der Waals surface area contributed by atoms with Gasteiger partial charge in [-0.1, -0.05) is 0 Å². The molecule has 1 aliphatic rings. The molecule has 0 saturated carbocycles. The number of hydrogen-bond acceptors (Lipinski definition) is 4. The second kappa shape index (κ2) is 7.43. The summed E-state index contributed by atoms with van der Waals surface area (Å²) in [6.45, 7) is 4.80. The smallest absolute Gasteiger partial charge is 0.123 e. The second-order valence-electron chi connectivity index (χ2n) is 4.82. The summed E-state index contributed by atoms with van der Waals surface area (Å²) in [6, 6.07) is 5.83. The van der Waals surface area contributed by atoms with Crippen molar-refractivity contribution >= 4 is 0 Å². The fraction of sp³-hybridized carbons (Fsp3) is 0.571. The molecule has 2 rings (SSSR count). The number of aliphatic hydroxyl groups is 1. The number of nitrogens with one attached hydrogen (secondary N) is 1. The molecule has 0 aromatic heterocycles. The number of rotatable bonds is 5. The van der Waals surface area contributed by atoms with Gasteiger partial charge in [-0.2, -0.15) is 0 Å². The third kappa shape index (κ3) is 5.14. The Labute approximate surface area is 113 Å². The van der Waals surface area contributed by atoms with E-state index in [9.17, 15) is 9.50 Å². The Balaban J connectivity index is 1.71. The number of benzene rings is 1. The molecule has 4 nitrogen and oxygen atoms in total. The van der Waals surface area contributed by atoms with Gasteiger partial charge < -0.3 is 15.2 Å². The predicted octanol–water partition coefficient (Wildman–Crippen LogP) is 0.861. The van der Waals surface area contributed by atoms with Crippen molar-refractivity contribution in [1.82, 2.24) is 10.2 Å². The second-order valence-corrected chi connectivity index (χ2v) is 4.82. The lowest BCUT2D eigenvalue weighted by atomic mass is 10.3. The van der Waals surface area contributed by atoms with E-state index in [0.717, 1.165) is 32.6 Å². The maximum atomic E-state index is 12.7. The number of hydrogen-bond donors (Lipinski definition) is 2. The zero-order valence-corrected chi connectivity index (χ0v) is 11.0. The molecular weight excluding hydrogens is 247 g/mol. The molecule has 1 aliphatic heterocycles. The molecule has 19 heavy (non-hydrogen) atoms. The number of ether oxygens (including phenoxy) is 1. The van der Waals surface area contributed by atoms with Crippen LogP contribution in [0.15, 0.2) is 24.3 Å². The molecule has 0 amide bonds. The van der Waals surface area contributed by atoms with E-state index < -0.39 is 6.10 Å². The SMILES string of the molecule is O[C@H](COc1ccc(F)cc1)CN1CCCNCC1. The Hall–Kier alpha value is -1.17. The molecule has 1 heterocycles. The predicted molar refractivity (Wildman–Crippen MR) is 71.8 cm³/mol. The standard InChI is InChI=1S/C14H21FN2O2/c15-12-2-4-14(5-3-12)19-11-13(18)10-17-8-1-6-16-7-9-17/h2-5,13,16,18H,1,6-11H2/t13-/m0/s1. The topological polar surface area (TPSA) is 44.7 Å². The maximum absolute atomic E-state index is 12.7. The van der Waals surface area contributed by atoms with Gasteiger partial charge in [-0.25, -0.2) is 4.39 Å². The third-order valence-corrected chi connectivity index (χ3v) is 3.16. The van der Waals surface area contributed by atoms with Gasteiger partial charge in [0.1, 0.15) is 24.3 Å². The van der Waals surface area contributed by atoms with Crippen LogP contribution in [-0.2, 0) is 0 Å². The Morgan fingerprint density at radius 3 is 2.84 bits per heavy atom. The van der Waals surface area contributed by atoms with Crippen molar-refractivity contribution in [2.24, 2.45) is 0 Å². The van der Waals surface area contributed by atoms with E-state index in [1.54, 1.807) is 12.1 Å². The van der Waals surface area contributed by atoms with Crippen LogP contribution in [0, 0.1) is 5.82 Å². The van der Waals surface area contributed by atoms with Gasteiger partial charge in [0, 0.05) is 19.6 Å². The van der Waals surface area contributed by atoms with Crippen LogP contribution in [-0.4, -0.2) is 55.4 Å². The first-order valence-electron chi connectivity index (χ1n) is 6.73. The van der Waals surface area contributed by atoms with Crippen LogP contribution in [0.1, 0.15) is 6.42 Å². The summed E-state index contributed by atoms with van der Waals surface area (Å²) in [6.07, 6.45) is 0.578.